The number of benzene rings is 3. The number of carbonyl (C=O) groups is 1. The van der Waals surface area contributed by atoms with Crippen LogP contribution in [0.2, 0.25) is 0 Å². The molecule has 0 bridgehead atoms. The summed E-state index contributed by atoms with van der Waals surface area (Å²) in [7, 11) is 0. The molecule has 2 aromatic heterocycles. The van der Waals surface area contributed by atoms with Gasteiger partial charge in [0, 0.05) is 34.8 Å². The second-order valence-electron chi connectivity index (χ2n) is 10.1. The highest BCUT2D eigenvalue weighted by Gasteiger charge is 2.35. The van der Waals surface area contributed by atoms with Crippen molar-refractivity contribution in [3.05, 3.63) is 132 Å². The first kappa shape index (κ1) is 28.4. The molecule has 7 nitrogen and oxygen atoms in total. The summed E-state index contributed by atoms with van der Waals surface area (Å²) in [6.07, 6.45) is 3.88. The van der Waals surface area contributed by atoms with E-state index < -0.39 is 12.0 Å². The number of aromatic nitrogens is 2. The third-order valence-electron chi connectivity index (χ3n) is 7.40. The number of carbonyl (C=O) groups excluding carboxylic acids is 1. The number of halogens is 1. The maximum atomic E-state index is 14.2. The second kappa shape index (κ2) is 11.9. The molecule has 0 saturated heterocycles. The highest BCUT2D eigenvalue weighted by molar-refractivity contribution is 7.07. The molecule has 0 aliphatic carbocycles. The second-order valence-corrected chi connectivity index (χ2v) is 11.1. The minimum Gasteiger partial charge on any atom is -0.494 e. The van der Waals surface area contributed by atoms with Crippen LogP contribution < -0.4 is 19.6 Å². The molecule has 43 heavy (non-hydrogen) atoms. The van der Waals surface area contributed by atoms with E-state index >= 15 is 0 Å². The lowest BCUT2D eigenvalue weighted by molar-refractivity contribution is -0.139. The van der Waals surface area contributed by atoms with Crippen LogP contribution in [0, 0.1) is 5.82 Å². The lowest BCUT2D eigenvalue weighted by atomic mass is 9.95. The molecule has 0 radical (unpaired) electrons. The number of hydrogen-bond acceptors (Lipinski definition) is 6. The van der Waals surface area contributed by atoms with E-state index in [1.54, 1.807) is 30.5 Å². The van der Waals surface area contributed by atoms with Crippen LogP contribution in [0.5, 0.6) is 5.75 Å². The summed E-state index contributed by atoms with van der Waals surface area (Å²) in [5.74, 6) is -0.205. The van der Waals surface area contributed by atoms with Crippen LogP contribution in [0.25, 0.3) is 17.0 Å². The Kier molecular flexibility index (Phi) is 7.82. The third kappa shape index (κ3) is 5.32. The topological polar surface area (TPSA) is 74.8 Å². The maximum absolute atomic E-state index is 14.2. The number of allylic oxidation sites excluding steroid dienone is 1. The zero-order valence-corrected chi connectivity index (χ0v) is 24.9. The Balaban J connectivity index is 1.52. The summed E-state index contributed by atoms with van der Waals surface area (Å²) in [5.41, 5.74) is 4.06. The minimum absolute atomic E-state index is 0.196. The highest BCUT2D eigenvalue weighted by Crippen LogP contribution is 2.36. The monoisotopic (exact) mass is 595 g/mol. The number of esters is 1. The summed E-state index contributed by atoms with van der Waals surface area (Å²) in [4.78, 5) is 32.7. The van der Waals surface area contributed by atoms with Crippen LogP contribution in [-0.2, 0) is 16.1 Å². The fraction of sp³-hybridized carbons (Fsp3) is 0.206. The molecule has 0 unspecified atom stereocenters. The SMILES string of the molecule is CCOC(=O)C1=C(C)N=c2s/c(=C\c3cn(Cc4ccc(F)cc4)c4ccccc34)c(=O)n2[C@H]1c1ccccc1OCC. The van der Waals surface area contributed by atoms with E-state index in [-0.39, 0.29) is 18.0 Å². The average molecular weight is 596 g/mol. The van der Waals surface area contributed by atoms with Gasteiger partial charge in [-0.3, -0.25) is 9.36 Å². The summed E-state index contributed by atoms with van der Waals surface area (Å²) in [6.45, 7) is 6.58. The van der Waals surface area contributed by atoms with Crippen molar-refractivity contribution in [3.63, 3.8) is 0 Å². The van der Waals surface area contributed by atoms with Gasteiger partial charge in [-0.25, -0.2) is 14.2 Å². The van der Waals surface area contributed by atoms with E-state index in [0.717, 1.165) is 22.0 Å². The van der Waals surface area contributed by atoms with Crippen molar-refractivity contribution in [2.24, 2.45) is 4.99 Å². The fourth-order valence-electron chi connectivity index (χ4n) is 5.53. The van der Waals surface area contributed by atoms with Crippen molar-refractivity contribution in [3.8, 4) is 5.75 Å². The molecule has 0 fully saturated rings. The molecule has 1 aliphatic rings. The van der Waals surface area contributed by atoms with Gasteiger partial charge in [-0.2, -0.15) is 0 Å². The van der Waals surface area contributed by atoms with E-state index in [9.17, 15) is 14.0 Å². The van der Waals surface area contributed by atoms with E-state index in [1.165, 1.54) is 23.5 Å². The molecule has 0 N–H and O–H groups in total. The number of fused-ring (bicyclic) bond motifs is 2. The molecule has 5 aromatic rings. The van der Waals surface area contributed by atoms with E-state index in [4.69, 9.17) is 14.5 Å². The Bertz CT molecular complexity index is 2050. The Morgan fingerprint density at radius 2 is 1.77 bits per heavy atom. The van der Waals surface area contributed by atoms with Crippen molar-refractivity contribution in [2.75, 3.05) is 13.2 Å². The molecular weight excluding hydrogens is 565 g/mol. The Hall–Kier alpha value is -4.76. The molecule has 1 aliphatic heterocycles. The largest absolute Gasteiger partial charge is 0.494 e. The van der Waals surface area contributed by atoms with Gasteiger partial charge in [0.05, 0.1) is 29.0 Å². The first-order valence-electron chi connectivity index (χ1n) is 14.1. The van der Waals surface area contributed by atoms with Crippen molar-refractivity contribution in [2.45, 2.75) is 33.4 Å². The lowest BCUT2D eigenvalue weighted by Gasteiger charge is -2.26. The maximum Gasteiger partial charge on any atom is 0.338 e. The zero-order valence-electron chi connectivity index (χ0n) is 24.0. The fourth-order valence-corrected chi connectivity index (χ4v) is 6.57. The first-order valence-corrected chi connectivity index (χ1v) is 14.9. The predicted octanol–water partition coefficient (Wildman–Crippen LogP) is 5.34. The van der Waals surface area contributed by atoms with Gasteiger partial charge in [0.2, 0.25) is 0 Å². The molecule has 0 spiro atoms. The average Bonchev–Trinajstić information content (AvgIpc) is 3.50. The molecule has 1 atom stereocenters. The van der Waals surface area contributed by atoms with Gasteiger partial charge in [-0.15, -0.1) is 0 Å². The normalized spacial score (nSPS) is 15.0. The molecule has 0 saturated carbocycles. The smallest absolute Gasteiger partial charge is 0.338 e. The van der Waals surface area contributed by atoms with Crippen molar-refractivity contribution in [1.29, 1.82) is 0 Å². The van der Waals surface area contributed by atoms with Gasteiger partial charge in [-0.05, 0) is 56.7 Å². The van der Waals surface area contributed by atoms with Crippen LogP contribution in [-0.4, -0.2) is 28.3 Å². The van der Waals surface area contributed by atoms with Gasteiger partial charge in [0.25, 0.3) is 5.56 Å². The number of rotatable bonds is 8. The van der Waals surface area contributed by atoms with Crippen LogP contribution >= 0.6 is 11.3 Å². The molecule has 3 heterocycles. The molecule has 9 heteroatoms. The Labute approximate surface area is 251 Å². The minimum atomic E-state index is -0.764. The molecule has 0 amide bonds. The van der Waals surface area contributed by atoms with Crippen LogP contribution in [0.4, 0.5) is 4.39 Å². The van der Waals surface area contributed by atoms with Crippen molar-refractivity contribution < 1.29 is 18.7 Å². The third-order valence-corrected chi connectivity index (χ3v) is 8.39. The number of thiazole rings is 1. The van der Waals surface area contributed by atoms with Crippen molar-refractivity contribution in [1.82, 2.24) is 9.13 Å². The standard InChI is InChI=1S/C34H30FN3O4S/c1-4-41-28-13-9-7-11-26(28)31-30(33(40)42-5-2)21(3)36-34-38(31)32(39)29(43-34)18-23-20-37(27-12-8-6-10-25(23)27)19-22-14-16-24(35)17-15-22/h6-18,20,31H,4-5,19H2,1-3H3/b29-18-/t31-/m0/s1. The molecular formula is C34H30FN3O4S. The number of ether oxygens (including phenoxy) is 2. The van der Waals surface area contributed by atoms with Gasteiger partial charge in [0.15, 0.2) is 4.80 Å². The summed E-state index contributed by atoms with van der Waals surface area (Å²) >= 11 is 1.28. The first-order chi connectivity index (χ1) is 20.9. The quantitative estimate of drug-likeness (QED) is 0.227. The Morgan fingerprint density at radius 1 is 1.02 bits per heavy atom. The predicted molar refractivity (Wildman–Crippen MR) is 165 cm³/mol. The van der Waals surface area contributed by atoms with Crippen LogP contribution in [0.15, 0.2) is 100 Å². The summed E-state index contributed by atoms with van der Waals surface area (Å²) in [6, 6.07) is 21.1. The summed E-state index contributed by atoms with van der Waals surface area (Å²) in [5, 5.41) is 0.983. The van der Waals surface area contributed by atoms with Gasteiger partial charge in [0.1, 0.15) is 17.6 Å². The Morgan fingerprint density at radius 3 is 2.53 bits per heavy atom. The van der Waals surface area contributed by atoms with E-state index in [0.29, 0.717) is 45.1 Å². The van der Waals surface area contributed by atoms with Gasteiger partial charge in [-0.1, -0.05) is 59.9 Å². The lowest BCUT2D eigenvalue weighted by Crippen LogP contribution is -2.40. The number of nitrogens with zero attached hydrogens (tertiary/aromatic N) is 3. The highest BCUT2D eigenvalue weighted by atomic mass is 32.1. The van der Waals surface area contributed by atoms with Crippen LogP contribution in [0.1, 0.15) is 43.5 Å². The zero-order chi connectivity index (χ0) is 30.1. The summed E-state index contributed by atoms with van der Waals surface area (Å²) < 4.78 is 29.0. The van der Waals surface area contributed by atoms with Crippen LogP contribution in [0.3, 0.4) is 0 Å². The molecule has 3 aromatic carbocycles. The number of para-hydroxylation sites is 2. The molecule has 218 valence electrons. The van der Waals surface area contributed by atoms with Gasteiger partial charge < -0.3 is 14.0 Å². The van der Waals surface area contributed by atoms with Gasteiger partial charge >= 0.3 is 5.97 Å². The number of hydrogen-bond donors (Lipinski definition) is 0. The van der Waals surface area contributed by atoms with E-state index in [2.05, 4.69) is 4.57 Å². The van der Waals surface area contributed by atoms with Crippen molar-refractivity contribution >= 4 is 34.3 Å². The van der Waals surface area contributed by atoms with E-state index in [1.807, 2.05) is 67.7 Å². The molecule has 6 rings (SSSR count).